The van der Waals surface area contributed by atoms with Crippen LogP contribution in [0.15, 0.2) is 0 Å². The highest BCUT2D eigenvalue weighted by Gasteiger charge is 2.63. The van der Waals surface area contributed by atoms with Crippen LogP contribution in [0.3, 0.4) is 0 Å². The summed E-state index contributed by atoms with van der Waals surface area (Å²) in [6.45, 7) is 1.80. The Bertz CT molecular complexity index is 397. The van der Waals surface area contributed by atoms with Gasteiger partial charge in [-0.05, 0) is 43.1 Å². The molecule has 1 aromatic heterocycles. The average molecular weight is 209 g/mol. The fourth-order valence-electron chi connectivity index (χ4n) is 1.87. The summed E-state index contributed by atoms with van der Waals surface area (Å²) in [4.78, 5) is 15.7. The molecule has 1 N–H and O–H groups in total. The Balaban J connectivity index is 1.65. The molecular weight excluding hydrogens is 198 g/mol. The zero-order valence-electron chi connectivity index (χ0n) is 7.91. The van der Waals surface area contributed by atoms with E-state index in [-0.39, 0.29) is 5.91 Å². The molecule has 1 heterocycles. The summed E-state index contributed by atoms with van der Waals surface area (Å²) >= 11 is 1.17. The summed E-state index contributed by atoms with van der Waals surface area (Å²) < 4.78 is 3.99. The smallest absolute Gasteiger partial charge is 0.282 e. The molecule has 2 aliphatic carbocycles. The topological polar surface area (TPSA) is 54.9 Å². The zero-order chi connectivity index (χ0) is 9.76. The van der Waals surface area contributed by atoms with Crippen molar-refractivity contribution in [2.75, 3.05) is 0 Å². The van der Waals surface area contributed by atoms with Gasteiger partial charge in [0.05, 0.1) is 0 Å². The predicted octanol–water partition coefficient (Wildman–Crippen LogP) is 1.13. The maximum absolute atomic E-state index is 11.6. The summed E-state index contributed by atoms with van der Waals surface area (Å²) in [6, 6.07) is 0.416. The molecule has 3 rings (SSSR count). The van der Waals surface area contributed by atoms with Crippen LogP contribution in [0.1, 0.15) is 34.9 Å². The molecule has 0 bridgehead atoms. The minimum atomic E-state index is -0.0515. The fourth-order valence-corrected chi connectivity index (χ4v) is 2.45. The number of aromatic nitrogens is 2. The van der Waals surface area contributed by atoms with E-state index < -0.39 is 0 Å². The second kappa shape index (κ2) is 2.53. The first-order chi connectivity index (χ1) is 6.70. The fraction of sp³-hybridized carbons (Fsp3) is 0.667. The van der Waals surface area contributed by atoms with E-state index in [9.17, 15) is 4.79 Å². The zero-order valence-corrected chi connectivity index (χ0v) is 8.73. The first-order valence-corrected chi connectivity index (χ1v) is 5.58. The molecule has 74 valence electrons. The molecule has 0 saturated heterocycles. The third kappa shape index (κ3) is 1.23. The van der Waals surface area contributed by atoms with Gasteiger partial charge in [-0.25, -0.2) is 4.98 Å². The van der Waals surface area contributed by atoms with E-state index in [1.54, 1.807) is 6.92 Å². The van der Waals surface area contributed by atoms with Crippen LogP contribution in [0.25, 0.3) is 0 Å². The van der Waals surface area contributed by atoms with Gasteiger partial charge in [0, 0.05) is 6.04 Å². The molecule has 1 atom stereocenters. The van der Waals surface area contributed by atoms with Crippen molar-refractivity contribution in [2.24, 2.45) is 5.41 Å². The Morgan fingerprint density at radius 1 is 1.64 bits per heavy atom. The lowest BCUT2D eigenvalue weighted by Crippen LogP contribution is -2.26. The van der Waals surface area contributed by atoms with Crippen LogP contribution in [0, 0.1) is 12.3 Å². The monoisotopic (exact) mass is 209 g/mol. The largest absolute Gasteiger partial charge is 0.347 e. The normalized spacial score (nSPS) is 26.2. The Labute approximate surface area is 85.9 Å². The minimum Gasteiger partial charge on any atom is -0.347 e. The SMILES string of the molecule is Cc1nsc(C(=O)NC2CC23CC3)n1. The molecule has 5 heteroatoms. The number of nitrogens with zero attached hydrogens (tertiary/aromatic N) is 2. The highest BCUT2D eigenvalue weighted by molar-refractivity contribution is 7.07. The van der Waals surface area contributed by atoms with E-state index in [4.69, 9.17) is 0 Å². The molecular formula is C9H11N3OS. The number of hydrogen-bond acceptors (Lipinski definition) is 4. The lowest BCUT2D eigenvalue weighted by atomic mass is 10.4. The third-order valence-corrected chi connectivity index (χ3v) is 3.91. The lowest BCUT2D eigenvalue weighted by Gasteiger charge is -1.98. The second-order valence-electron chi connectivity index (χ2n) is 4.24. The van der Waals surface area contributed by atoms with Gasteiger partial charge in [0.1, 0.15) is 5.82 Å². The van der Waals surface area contributed by atoms with E-state index in [0.29, 0.717) is 22.3 Å². The summed E-state index contributed by atoms with van der Waals surface area (Å²) in [5.74, 6) is 0.626. The standard InChI is InChI=1S/C9H11N3OS/c1-5-10-8(14-12-5)7(13)11-6-4-9(6)2-3-9/h6H,2-4H2,1H3,(H,11,13). The molecule has 0 radical (unpaired) electrons. The van der Waals surface area contributed by atoms with Crippen LogP contribution in [0.5, 0.6) is 0 Å². The second-order valence-corrected chi connectivity index (χ2v) is 4.99. The molecule has 2 fully saturated rings. The average Bonchev–Trinajstić information content (AvgIpc) is 3.01. The van der Waals surface area contributed by atoms with Gasteiger partial charge in [-0.15, -0.1) is 0 Å². The Hall–Kier alpha value is -0.970. The molecule has 0 aromatic carbocycles. The van der Waals surface area contributed by atoms with Crippen molar-refractivity contribution in [3.8, 4) is 0 Å². The van der Waals surface area contributed by atoms with Gasteiger partial charge in [0.15, 0.2) is 0 Å². The van der Waals surface area contributed by atoms with Crippen LogP contribution in [0.2, 0.25) is 0 Å². The summed E-state index contributed by atoms with van der Waals surface area (Å²) in [5.41, 5.74) is 0.509. The van der Waals surface area contributed by atoms with Gasteiger partial charge in [-0.1, -0.05) is 0 Å². The number of hydrogen-bond donors (Lipinski definition) is 1. The van der Waals surface area contributed by atoms with E-state index >= 15 is 0 Å². The van der Waals surface area contributed by atoms with Gasteiger partial charge >= 0.3 is 0 Å². The number of carbonyl (C=O) groups excluding carboxylic acids is 1. The Kier molecular flexibility index (Phi) is 1.51. The molecule has 1 unspecified atom stereocenters. The number of nitrogens with one attached hydrogen (secondary N) is 1. The van der Waals surface area contributed by atoms with E-state index in [2.05, 4.69) is 14.7 Å². The van der Waals surface area contributed by atoms with Crippen molar-refractivity contribution in [3.63, 3.8) is 0 Å². The van der Waals surface area contributed by atoms with Crippen molar-refractivity contribution >= 4 is 17.4 Å². The molecule has 2 aliphatic rings. The van der Waals surface area contributed by atoms with E-state index in [1.807, 2.05) is 0 Å². The van der Waals surface area contributed by atoms with Gasteiger partial charge in [-0.3, -0.25) is 4.79 Å². The minimum absolute atomic E-state index is 0.0515. The third-order valence-electron chi connectivity index (χ3n) is 3.11. The van der Waals surface area contributed by atoms with E-state index in [0.717, 1.165) is 6.42 Å². The molecule has 2 saturated carbocycles. The van der Waals surface area contributed by atoms with Crippen LogP contribution in [-0.2, 0) is 0 Å². The first-order valence-electron chi connectivity index (χ1n) is 4.81. The molecule has 1 aromatic rings. The maximum atomic E-state index is 11.6. The summed E-state index contributed by atoms with van der Waals surface area (Å²) in [6.07, 6.45) is 3.73. The highest BCUT2D eigenvalue weighted by atomic mass is 32.1. The lowest BCUT2D eigenvalue weighted by molar-refractivity contribution is 0.0948. The number of carbonyl (C=O) groups is 1. The molecule has 1 amide bonds. The van der Waals surface area contributed by atoms with Crippen molar-refractivity contribution in [1.29, 1.82) is 0 Å². The molecule has 4 nitrogen and oxygen atoms in total. The Morgan fingerprint density at radius 2 is 2.43 bits per heavy atom. The van der Waals surface area contributed by atoms with Crippen molar-refractivity contribution < 1.29 is 4.79 Å². The molecule has 1 spiro atoms. The number of amides is 1. The van der Waals surface area contributed by atoms with Gasteiger partial charge in [0.25, 0.3) is 5.91 Å². The summed E-state index contributed by atoms with van der Waals surface area (Å²) in [7, 11) is 0. The van der Waals surface area contributed by atoms with Crippen molar-refractivity contribution in [2.45, 2.75) is 32.2 Å². The van der Waals surface area contributed by atoms with Crippen LogP contribution >= 0.6 is 11.5 Å². The maximum Gasteiger partial charge on any atom is 0.282 e. The Morgan fingerprint density at radius 3 is 2.93 bits per heavy atom. The van der Waals surface area contributed by atoms with Crippen molar-refractivity contribution in [3.05, 3.63) is 10.8 Å². The highest BCUT2D eigenvalue weighted by Crippen LogP contribution is 2.65. The predicted molar refractivity (Wildman–Crippen MR) is 52.2 cm³/mol. The molecule has 0 aliphatic heterocycles. The van der Waals surface area contributed by atoms with Gasteiger partial charge < -0.3 is 5.32 Å². The quantitative estimate of drug-likeness (QED) is 0.794. The van der Waals surface area contributed by atoms with E-state index in [1.165, 1.54) is 24.4 Å². The molecule has 14 heavy (non-hydrogen) atoms. The summed E-state index contributed by atoms with van der Waals surface area (Å²) in [5, 5.41) is 3.50. The number of rotatable bonds is 2. The van der Waals surface area contributed by atoms with Gasteiger partial charge in [-0.2, -0.15) is 4.37 Å². The van der Waals surface area contributed by atoms with Crippen LogP contribution < -0.4 is 5.32 Å². The first kappa shape index (κ1) is 8.35. The van der Waals surface area contributed by atoms with Crippen LogP contribution in [0.4, 0.5) is 0 Å². The van der Waals surface area contributed by atoms with Gasteiger partial charge in [0.2, 0.25) is 5.01 Å². The number of aryl methyl sites for hydroxylation is 1. The van der Waals surface area contributed by atoms with Crippen LogP contribution in [-0.4, -0.2) is 21.3 Å². The van der Waals surface area contributed by atoms with Crippen molar-refractivity contribution in [1.82, 2.24) is 14.7 Å².